The third-order valence-electron chi connectivity index (χ3n) is 4.43. The van der Waals surface area contributed by atoms with Crippen LogP contribution in [0.3, 0.4) is 0 Å². The Balaban J connectivity index is 1.67. The van der Waals surface area contributed by atoms with E-state index in [1.807, 2.05) is 11.7 Å². The molecular formula is C18H21N3O3. The van der Waals surface area contributed by atoms with Crippen molar-refractivity contribution in [2.45, 2.75) is 32.2 Å². The van der Waals surface area contributed by atoms with Gasteiger partial charge in [-0.25, -0.2) is 4.79 Å². The Kier molecular flexibility index (Phi) is 4.64. The van der Waals surface area contributed by atoms with E-state index in [0.29, 0.717) is 17.7 Å². The molecule has 126 valence electrons. The molecule has 0 saturated heterocycles. The van der Waals surface area contributed by atoms with Crippen LogP contribution in [0.4, 0.5) is 0 Å². The lowest BCUT2D eigenvalue weighted by atomic mass is 9.95. The van der Waals surface area contributed by atoms with Crippen molar-refractivity contribution in [1.82, 2.24) is 15.1 Å². The van der Waals surface area contributed by atoms with Crippen LogP contribution >= 0.6 is 0 Å². The van der Waals surface area contributed by atoms with Crippen LogP contribution < -0.4 is 5.32 Å². The lowest BCUT2D eigenvalue weighted by Gasteiger charge is -2.12. The Morgan fingerprint density at radius 1 is 1.17 bits per heavy atom. The summed E-state index contributed by atoms with van der Waals surface area (Å²) < 4.78 is 6.58. The van der Waals surface area contributed by atoms with Crippen LogP contribution in [-0.4, -0.2) is 28.8 Å². The van der Waals surface area contributed by atoms with Crippen LogP contribution in [-0.2, 0) is 31.2 Å². The summed E-state index contributed by atoms with van der Waals surface area (Å²) in [4.78, 5) is 23.7. The molecule has 24 heavy (non-hydrogen) atoms. The van der Waals surface area contributed by atoms with Crippen LogP contribution in [0.1, 0.15) is 50.5 Å². The number of carbonyl (C=O) groups is 2. The van der Waals surface area contributed by atoms with Gasteiger partial charge in [0.25, 0.3) is 5.91 Å². The maximum Gasteiger partial charge on any atom is 0.337 e. The fourth-order valence-corrected chi connectivity index (χ4v) is 3.14. The van der Waals surface area contributed by atoms with Gasteiger partial charge in [-0.3, -0.25) is 9.48 Å². The van der Waals surface area contributed by atoms with Gasteiger partial charge in [-0.15, -0.1) is 0 Å². The van der Waals surface area contributed by atoms with E-state index in [4.69, 9.17) is 0 Å². The fraction of sp³-hybridized carbons (Fsp3) is 0.389. The number of nitrogens with zero attached hydrogens (tertiary/aromatic N) is 2. The van der Waals surface area contributed by atoms with Crippen LogP contribution in [0.5, 0.6) is 0 Å². The minimum Gasteiger partial charge on any atom is -0.465 e. The number of hydrogen-bond acceptors (Lipinski definition) is 4. The predicted octanol–water partition coefficient (Wildman–Crippen LogP) is 2.02. The van der Waals surface area contributed by atoms with Crippen molar-refractivity contribution in [1.29, 1.82) is 0 Å². The zero-order valence-corrected chi connectivity index (χ0v) is 14.0. The quantitative estimate of drug-likeness (QED) is 0.872. The summed E-state index contributed by atoms with van der Waals surface area (Å²) in [6.07, 6.45) is 4.46. The van der Waals surface area contributed by atoms with Gasteiger partial charge in [0.15, 0.2) is 0 Å². The molecule has 0 saturated carbocycles. The molecule has 6 heteroatoms. The summed E-state index contributed by atoms with van der Waals surface area (Å²) in [5.41, 5.74) is 4.45. The summed E-state index contributed by atoms with van der Waals surface area (Å²) in [5.74, 6) is -0.594. The molecule has 0 fully saturated rings. The Morgan fingerprint density at radius 3 is 2.54 bits per heavy atom. The Morgan fingerprint density at radius 2 is 1.83 bits per heavy atom. The molecule has 1 amide bonds. The zero-order valence-electron chi connectivity index (χ0n) is 14.0. The van der Waals surface area contributed by atoms with Gasteiger partial charge in [0.05, 0.1) is 24.9 Å². The lowest BCUT2D eigenvalue weighted by molar-refractivity contribution is 0.0600. The van der Waals surface area contributed by atoms with Crippen LogP contribution in [0.2, 0.25) is 0 Å². The van der Waals surface area contributed by atoms with E-state index in [2.05, 4.69) is 15.2 Å². The van der Waals surface area contributed by atoms with Crippen molar-refractivity contribution in [3.63, 3.8) is 0 Å². The van der Waals surface area contributed by atoms with Gasteiger partial charge in [0, 0.05) is 18.3 Å². The van der Waals surface area contributed by atoms with Crippen molar-refractivity contribution in [2.24, 2.45) is 7.05 Å². The first kappa shape index (κ1) is 16.2. The molecule has 1 aliphatic carbocycles. The second-order valence-electron chi connectivity index (χ2n) is 5.95. The zero-order chi connectivity index (χ0) is 17.1. The first-order valence-electron chi connectivity index (χ1n) is 8.10. The molecule has 1 aromatic carbocycles. The monoisotopic (exact) mass is 327 g/mol. The molecule has 0 bridgehead atoms. The summed E-state index contributed by atoms with van der Waals surface area (Å²) in [5, 5.41) is 7.46. The molecule has 3 rings (SSSR count). The largest absolute Gasteiger partial charge is 0.465 e. The van der Waals surface area contributed by atoms with E-state index in [9.17, 15) is 9.59 Å². The average molecular weight is 327 g/mol. The highest BCUT2D eigenvalue weighted by atomic mass is 16.5. The number of carbonyl (C=O) groups excluding carboxylic acids is 2. The van der Waals surface area contributed by atoms with Gasteiger partial charge < -0.3 is 10.1 Å². The number of benzene rings is 1. The molecule has 0 atom stereocenters. The molecule has 0 radical (unpaired) electrons. The molecule has 0 aliphatic heterocycles. The van der Waals surface area contributed by atoms with Crippen LogP contribution in [0, 0.1) is 0 Å². The van der Waals surface area contributed by atoms with E-state index in [-0.39, 0.29) is 5.91 Å². The SMILES string of the molecule is COC(=O)c1ccc(C(=O)NCc2nn(C)c3c2CCCC3)cc1. The maximum atomic E-state index is 12.3. The van der Waals surface area contributed by atoms with E-state index in [0.717, 1.165) is 18.5 Å². The highest BCUT2D eigenvalue weighted by molar-refractivity contribution is 5.96. The Labute approximate surface area is 140 Å². The molecule has 2 aromatic rings. The number of hydrogen-bond donors (Lipinski definition) is 1. The number of methoxy groups -OCH3 is 1. The highest BCUT2D eigenvalue weighted by Gasteiger charge is 2.19. The highest BCUT2D eigenvalue weighted by Crippen LogP contribution is 2.23. The summed E-state index contributed by atoms with van der Waals surface area (Å²) in [6, 6.07) is 6.41. The molecule has 0 unspecified atom stereocenters. The minimum atomic E-state index is -0.415. The van der Waals surface area contributed by atoms with Crippen molar-refractivity contribution in [3.05, 3.63) is 52.3 Å². The summed E-state index contributed by atoms with van der Waals surface area (Å²) in [6.45, 7) is 0.417. The molecule has 1 aliphatic rings. The van der Waals surface area contributed by atoms with Gasteiger partial charge in [0.2, 0.25) is 0 Å². The van der Waals surface area contributed by atoms with Crippen molar-refractivity contribution < 1.29 is 14.3 Å². The number of nitrogens with one attached hydrogen (secondary N) is 1. The fourth-order valence-electron chi connectivity index (χ4n) is 3.14. The van der Waals surface area contributed by atoms with Crippen LogP contribution in [0.25, 0.3) is 0 Å². The second kappa shape index (κ2) is 6.86. The molecule has 6 nitrogen and oxygen atoms in total. The number of aryl methyl sites for hydroxylation is 1. The molecule has 1 N–H and O–H groups in total. The number of fused-ring (bicyclic) bond motifs is 1. The van der Waals surface area contributed by atoms with Gasteiger partial charge in [-0.05, 0) is 55.5 Å². The molecule has 1 aromatic heterocycles. The van der Waals surface area contributed by atoms with E-state index < -0.39 is 5.97 Å². The Hall–Kier alpha value is -2.63. The van der Waals surface area contributed by atoms with E-state index >= 15 is 0 Å². The second-order valence-corrected chi connectivity index (χ2v) is 5.95. The number of amides is 1. The molecule has 1 heterocycles. The Bertz CT molecular complexity index is 763. The number of rotatable bonds is 4. The first-order valence-corrected chi connectivity index (χ1v) is 8.10. The van der Waals surface area contributed by atoms with E-state index in [1.54, 1.807) is 24.3 Å². The average Bonchev–Trinajstić information content (AvgIpc) is 2.95. The van der Waals surface area contributed by atoms with Gasteiger partial charge in [0.1, 0.15) is 0 Å². The molecule has 0 spiro atoms. The first-order chi connectivity index (χ1) is 11.6. The number of esters is 1. The lowest BCUT2D eigenvalue weighted by Crippen LogP contribution is -2.23. The summed E-state index contributed by atoms with van der Waals surface area (Å²) >= 11 is 0. The smallest absolute Gasteiger partial charge is 0.337 e. The predicted molar refractivity (Wildman–Crippen MR) is 88.8 cm³/mol. The van der Waals surface area contributed by atoms with Gasteiger partial charge in [-0.2, -0.15) is 5.10 Å². The van der Waals surface area contributed by atoms with Crippen LogP contribution in [0.15, 0.2) is 24.3 Å². The third-order valence-corrected chi connectivity index (χ3v) is 4.43. The normalized spacial score (nSPS) is 13.2. The van der Waals surface area contributed by atoms with E-state index in [1.165, 1.54) is 31.2 Å². The number of ether oxygens (including phenoxy) is 1. The molecular weight excluding hydrogens is 306 g/mol. The third kappa shape index (κ3) is 3.18. The van der Waals surface area contributed by atoms with Crippen molar-refractivity contribution >= 4 is 11.9 Å². The van der Waals surface area contributed by atoms with Crippen molar-refractivity contribution in [3.8, 4) is 0 Å². The van der Waals surface area contributed by atoms with Crippen molar-refractivity contribution in [2.75, 3.05) is 7.11 Å². The van der Waals surface area contributed by atoms with Gasteiger partial charge in [-0.1, -0.05) is 0 Å². The van der Waals surface area contributed by atoms with Gasteiger partial charge >= 0.3 is 5.97 Å². The number of aromatic nitrogens is 2. The standard InChI is InChI=1S/C18H21N3O3/c1-21-16-6-4-3-5-14(16)15(20-21)11-19-17(22)12-7-9-13(10-8-12)18(23)24-2/h7-10H,3-6,11H2,1-2H3,(H,19,22). The topological polar surface area (TPSA) is 73.2 Å². The summed E-state index contributed by atoms with van der Waals surface area (Å²) in [7, 11) is 3.29. The maximum absolute atomic E-state index is 12.3. The minimum absolute atomic E-state index is 0.179.